The van der Waals surface area contributed by atoms with E-state index >= 15 is 0 Å². The van der Waals surface area contributed by atoms with E-state index in [1.807, 2.05) is 12.1 Å². The van der Waals surface area contributed by atoms with Gasteiger partial charge in [-0.25, -0.2) is 9.79 Å². The Morgan fingerprint density at radius 3 is 3.20 bits per heavy atom. The van der Waals surface area contributed by atoms with Gasteiger partial charge in [-0.2, -0.15) is 0 Å². The number of ether oxygens (including phenoxy) is 1. The SMILES string of the molecule is COc1ccc2c(c1)C(CN=C=O)CC2. The van der Waals surface area contributed by atoms with Crippen LogP contribution in [-0.2, 0) is 11.2 Å². The summed E-state index contributed by atoms with van der Waals surface area (Å²) in [5.41, 5.74) is 2.62. The van der Waals surface area contributed by atoms with Crippen molar-refractivity contribution in [2.45, 2.75) is 18.8 Å². The van der Waals surface area contributed by atoms with Gasteiger partial charge in [0.2, 0.25) is 6.08 Å². The highest BCUT2D eigenvalue weighted by atomic mass is 16.5. The number of methoxy groups -OCH3 is 1. The zero-order chi connectivity index (χ0) is 10.7. The van der Waals surface area contributed by atoms with E-state index in [0.29, 0.717) is 12.5 Å². The highest BCUT2D eigenvalue weighted by Gasteiger charge is 2.22. The van der Waals surface area contributed by atoms with E-state index in [1.165, 1.54) is 11.1 Å². The third-order valence-electron chi connectivity index (χ3n) is 2.93. The summed E-state index contributed by atoms with van der Waals surface area (Å²) in [7, 11) is 1.66. The summed E-state index contributed by atoms with van der Waals surface area (Å²) in [5.74, 6) is 1.23. The second-order valence-corrected chi connectivity index (χ2v) is 3.73. The largest absolute Gasteiger partial charge is 0.497 e. The molecule has 3 nitrogen and oxygen atoms in total. The number of hydrogen-bond acceptors (Lipinski definition) is 3. The van der Waals surface area contributed by atoms with Crippen molar-refractivity contribution in [1.82, 2.24) is 0 Å². The molecule has 0 aromatic heterocycles. The topological polar surface area (TPSA) is 38.7 Å². The number of hydrogen-bond donors (Lipinski definition) is 0. The summed E-state index contributed by atoms with van der Waals surface area (Å²) in [4.78, 5) is 13.7. The molecule has 1 unspecified atom stereocenters. The average Bonchev–Trinajstić information content (AvgIpc) is 2.68. The highest BCUT2D eigenvalue weighted by molar-refractivity contribution is 5.42. The molecule has 1 aromatic carbocycles. The second kappa shape index (κ2) is 4.28. The fraction of sp³-hybridized carbons (Fsp3) is 0.417. The van der Waals surface area contributed by atoms with Crippen LogP contribution in [0.1, 0.15) is 23.5 Å². The minimum atomic E-state index is 0.358. The quantitative estimate of drug-likeness (QED) is 0.557. The zero-order valence-corrected chi connectivity index (χ0v) is 8.69. The van der Waals surface area contributed by atoms with Crippen molar-refractivity contribution < 1.29 is 9.53 Å². The van der Waals surface area contributed by atoms with Crippen molar-refractivity contribution in [3.63, 3.8) is 0 Å². The first-order chi connectivity index (χ1) is 7.35. The molecule has 0 bridgehead atoms. The van der Waals surface area contributed by atoms with Crippen molar-refractivity contribution in [2.24, 2.45) is 4.99 Å². The molecule has 0 spiro atoms. The van der Waals surface area contributed by atoms with Gasteiger partial charge in [-0.1, -0.05) is 6.07 Å². The normalized spacial score (nSPS) is 18.1. The predicted octanol–water partition coefficient (Wildman–Crippen LogP) is 2.06. The predicted molar refractivity (Wildman–Crippen MR) is 57.0 cm³/mol. The molecule has 0 aliphatic heterocycles. The summed E-state index contributed by atoms with van der Waals surface area (Å²) in [6, 6.07) is 6.12. The summed E-state index contributed by atoms with van der Waals surface area (Å²) in [6.07, 6.45) is 3.73. The van der Waals surface area contributed by atoms with Gasteiger partial charge in [-0.3, -0.25) is 0 Å². The van der Waals surface area contributed by atoms with Crippen LogP contribution >= 0.6 is 0 Å². The Kier molecular flexibility index (Phi) is 2.84. The van der Waals surface area contributed by atoms with Crippen LogP contribution in [0.15, 0.2) is 23.2 Å². The van der Waals surface area contributed by atoms with Crippen LogP contribution in [0.3, 0.4) is 0 Å². The summed E-state index contributed by atoms with van der Waals surface area (Å²) < 4.78 is 5.18. The standard InChI is InChI=1S/C12H13NO2/c1-15-11-5-4-9-2-3-10(7-13-8-14)12(9)6-11/h4-6,10H,2-3,7H2,1H3. The molecule has 0 N–H and O–H groups in total. The summed E-state index contributed by atoms with van der Waals surface area (Å²) in [5, 5.41) is 0. The van der Waals surface area contributed by atoms with Crippen LogP contribution in [0.4, 0.5) is 0 Å². The molecule has 2 rings (SSSR count). The molecule has 1 aromatic rings. The van der Waals surface area contributed by atoms with E-state index in [1.54, 1.807) is 13.2 Å². The lowest BCUT2D eigenvalue weighted by atomic mass is 10.0. The Balaban J connectivity index is 2.27. The number of fused-ring (bicyclic) bond motifs is 1. The van der Waals surface area contributed by atoms with Gasteiger partial charge in [-0.05, 0) is 36.1 Å². The Bertz CT molecular complexity index is 408. The molecule has 15 heavy (non-hydrogen) atoms. The third kappa shape index (κ3) is 1.92. The molecule has 1 atom stereocenters. The number of carbonyl (C=O) groups excluding carboxylic acids is 1. The lowest BCUT2D eigenvalue weighted by Crippen LogP contribution is -1.98. The molecule has 0 heterocycles. The van der Waals surface area contributed by atoms with Gasteiger partial charge in [0.1, 0.15) is 5.75 Å². The lowest BCUT2D eigenvalue weighted by molar-refractivity contribution is 0.414. The monoisotopic (exact) mass is 203 g/mol. The van der Waals surface area contributed by atoms with E-state index in [2.05, 4.69) is 11.1 Å². The van der Waals surface area contributed by atoms with Crippen LogP contribution in [0.2, 0.25) is 0 Å². The maximum Gasteiger partial charge on any atom is 0.234 e. The molecule has 0 fully saturated rings. The number of aliphatic imine (C=N–C) groups is 1. The third-order valence-corrected chi connectivity index (χ3v) is 2.93. The molecule has 78 valence electrons. The molecule has 0 amide bonds. The first-order valence-corrected chi connectivity index (χ1v) is 5.05. The fourth-order valence-corrected chi connectivity index (χ4v) is 2.13. The van der Waals surface area contributed by atoms with Crippen molar-refractivity contribution in [2.75, 3.05) is 13.7 Å². The fourth-order valence-electron chi connectivity index (χ4n) is 2.13. The van der Waals surface area contributed by atoms with Crippen LogP contribution < -0.4 is 4.74 Å². The van der Waals surface area contributed by atoms with Gasteiger partial charge < -0.3 is 4.74 Å². The lowest BCUT2D eigenvalue weighted by Gasteiger charge is -2.08. The smallest absolute Gasteiger partial charge is 0.234 e. The summed E-state index contributed by atoms with van der Waals surface area (Å²) in [6.45, 7) is 0.545. The van der Waals surface area contributed by atoms with E-state index in [0.717, 1.165) is 18.6 Å². The van der Waals surface area contributed by atoms with Crippen LogP contribution in [-0.4, -0.2) is 19.7 Å². The number of isocyanates is 1. The maximum atomic E-state index is 10.1. The van der Waals surface area contributed by atoms with Crippen molar-refractivity contribution in [3.05, 3.63) is 29.3 Å². The minimum absolute atomic E-state index is 0.358. The Hall–Kier alpha value is -1.60. The molecule has 0 saturated heterocycles. The van der Waals surface area contributed by atoms with E-state index < -0.39 is 0 Å². The average molecular weight is 203 g/mol. The van der Waals surface area contributed by atoms with E-state index in [9.17, 15) is 4.79 Å². The number of nitrogens with zero attached hydrogens (tertiary/aromatic N) is 1. The zero-order valence-electron chi connectivity index (χ0n) is 8.69. The first-order valence-electron chi connectivity index (χ1n) is 5.05. The number of rotatable bonds is 3. The molecule has 0 saturated carbocycles. The van der Waals surface area contributed by atoms with Gasteiger partial charge in [-0.15, -0.1) is 0 Å². The molecule has 3 heteroatoms. The van der Waals surface area contributed by atoms with Crippen molar-refractivity contribution >= 4 is 6.08 Å². The second-order valence-electron chi connectivity index (χ2n) is 3.73. The van der Waals surface area contributed by atoms with Gasteiger partial charge in [0.05, 0.1) is 13.7 Å². The molecule has 0 radical (unpaired) electrons. The molecular weight excluding hydrogens is 190 g/mol. The Morgan fingerprint density at radius 2 is 2.47 bits per heavy atom. The Labute approximate surface area is 88.8 Å². The Morgan fingerprint density at radius 1 is 1.60 bits per heavy atom. The van der Waals surface area contributed by atoms with Crippen molar-refractivity contribution in [1.29, 1.82) is 0 Å². The maximum absolute atomic E-state index is 10.1. The minimum Gasteiger partial charge on any atom is -0.497 e. The van der Waals surface area contributed by atoms with Crippen molar-refractivity contribution in [3.8, 4) is 5.75 Å². The van der Waals surface area contributed by atoms with Gasteiger partial charge in [0.25, 0.3) is 0 Å². The highest BCUT2D eigenvalue weighted by Crippen LogP contribution is 2.35. The molecular formula is C12H13NO2. The van der Waals surface area contributed by atoms with Crippen LogP contribution in [0, 0.1) is 0 Å². The molecule has 1 aliphatic rings. The van der Waals surface area contributed by atoms with Gasteiger partial charge >= 0.3 is 0 Å². The summed E-state index contributed by atoms with van der Waals surface area (Å²) >= 11 is 0. The number of aryl methyl sites for hydroxylation is 1. The van der Waals surface area contributed by atoms with Crippen LogP contribution in [0.5, 0.6) is 5.75 Å². The van der Waals surface area contributed by atoms with Crippen LogP contribution in [0.25, 0.3) is 0 Å². The number of benzene rings is 1. The van der Waals surface area contributed by atoms with Gasteiger partial charge in [0.15, 0.2) is 0 Å². The molecule has 1 aliphatic carbocycles. The van der Waals surface area contributed by atoms with E-state index in [4.69, 9.17) is 4.74 Å². The van der Waals surface area contributed by atoms with Gasteiger partial charge in [0, 0.05) is 5.92 Å². The first kappa shape index (κ1) is 9.94. The van der Waals surface area contributed by atoms with E-state index in [-0.39, 0.29) is 0 Å².